The lowest BCUT2D eigenvalue weighted by molar-refractivity contribution is -0.137. The van der Waals surface area contributed by atoms with Crippen molar-refractivity contribution in [3.05, 3.63) is 59.7 Å². The summed E-state index contributed by atoms with van der Waals surface area (Å²) in [6, 6.07) is 13.3. The number of nitrogens with one attached hydrogen (secondary N) is 1. The first-order valence-electron chi connectivity index (χ1n) is 8.63. The molecule has 0 aromatic heterocycles. The van der Waals surface area contributed by atoms with Gasteiger partial charge in [0.2, 0.25) is 5.91 Å². The van der Waals surface area contributed by atoms with Crippen molar-refractivity contribution in [3.8, 4) is 0 Å². The zero-order valence-corrected chi connectivity index (χ0v) is 14.5. The molecule has 26 heavy (non-hydrogen) atoms. The van der Waals surface area contributed by atoms with E-state index < -0.39 is 11.7 Å². The van der Waals surface area contributed by atoms with E-state index in [0.717, 1.165) is 11.8 Å². The summed E-state index contributed by atoms with van der Waals surface area (Å²) in [6.45, 7) is 3.45. The standard InChI is InChI=1S/C20H21F3N2O/c1-14-6-8-16(9-7-14)25-12-10-15(11-13-25)19(26)24-18-5-3-2-4-17(18)20(21,22)23/h2-9,15H,10-13H2,1H3,(H,24,26). The average molecular weight is 362 g/mol. The number of carbonyl (C=O) groups is 1. The third-order valence-electron chi connectivity index (χ3n) is 4.76. The van der Waals surface area contributed by atoms with Gasteiger partial charge in [0.25, 0.3) is 0 Å². The maximum atomic E-state index is 13.1. The van der Waals surface area contributed by atoms with Crippen LogP contribution in [0.15, 0.2) is 48.5 Å². The number of amides is 1. The number of hydrogen-bond acceptors (Lipinski definition) is 2. The van der Waals surface area contributed by atoms with Gasteiger partial charge >= 0.3 is 6.18 Å². The first kappa shape index (κ1) is 18.3. The summed E-state index contributed by atoms with van der Waals surface area (Å²) in [5.74, 6) is -0.622. The van der Waals surface area contributed by atoms with Gasteiger partial charge in [-0.2, -0.15) is 13.2 Å². The van der Waals surface area contributed by atoms with Crippen molar-refractivity contribution in [2.24, 2.45) is 5.92 Å². The molecule has 0 saturated carbocycles. The van der Waals surface area contributed by atoms with Crippen LogP contribution in [-0.2, 0) is 11.0 Å². The van der Waals surface area contributed by atoms with Crippen molar-refractivity contribution in [2.75, 3.05) is 23.3 Å². The van der Waals surface area contributed by atoms with Crippen LogP contribution in [0.5, 0.6) is 0 Å². The minimum absolute atomic E-state index is 0.175. The number of alkyl halides is 3. The molecule has 1 aliphatic heterocycles. The van der Waals surface area contributed by atoms with Crippen LogP contribution in [0.2, 0.25) is 0 Å². The molecule has 1 amide bonds. The number of nitrogens with zero attached hydrogens (tertiary/aromatic N) is 1. The largest absolute Gasteiger partial charge is 0.418 e. The van der Waals surface area contributed by atoms with Gasteiger partial charge in [0.15, 0.2) is 0 Å². The Morgan fingerprint density at radius 2 is 1.65 bits per heavy atom. The number of para-hydroxylation sites is 1. The van der Waals surface area contributed by atoms with Gasteiger partial charge in [-0.25, -0.2) is 0 Å². The number of anilines is 2. The van der Waals surface area contributed by atoms with Crippen LogP contribution in [0.3, 0.4) is 0 Å². The van der Waals surface area contributed by atoms with Gasteiger partial charge in [-0.1, -0.05) is 29.8 Å². The molecular weight excluding hydrogens is 341 g/mol. The molecule has 0 bridgehead atoms. The first-order valence-corrected chi connectivity index (χ1v) is 8.63. The van der Waals surface area contributed by atoms with Crippen LogP contribution in [0.4, 0.5) is 24.5 Å². The van der Waals surface area contributed by atoms with Crippen LogP contribution in [0, 0.1) is 12.8 Å². The summed E-state index contributed by atoms with van der Waals surface area (Å²) in [6.07, 6.45) is -3.25. The molecule has 0 spiro atoms. The van der Waals surface area contributed by atoms with Crippen molar-refractivity contribution in [3.63, 3.8) is 0 Å². The number of aryl methyl sites for hydroxylation is 1. The van der Waals surface area contributed by atoms with E-state index >= 15 is 0 Å². The minimum Gasteiger partial charge on any atom is -0.371 e. The van der Waals surface area contributed by atoms with Gasteiger partial charge < -0.3 is 10.2 Å². The SMILES string of the molecule is Cc1ccc(N2CCC(C(=O)Nc3ccccc3C(F)(F)F)CC2)cc1. The molecule has 1 heterocycles. The van der Waals surface area contributed by atoms with Gasteiger partial charge in [0, 0.05) is 24.7 Å². The molecule has 6 heteroatoms. The monoisotopic (exact) mass is 362 g/mol. The number of hydrogen-bond donors (Lipinski definition) is 1. The summed E-state index contributed by atoms with van der Waals surface area (Å²) < 4.78 is 39.2. The van der Waals surface area contributed by atoms with Crippen molar-refractivity contribution < 1.29 is 18.0 Å². The predicted octanol–water partition coefficient (Wildman–Crippen LogP) is 4.87. The molecule has 2 aromatic rings. The average Bonchev–Trinajstić information content (AvgIpc) is 2.62. The smallest absolute Gasteiger partial charge is 0.371 e. The number of rotatable bonds is 3. The van der Waals surface area contributed by atoms with Gasteiger partial charge in [0.05, 0.1) is 11.3 Å². The lowest BCUT2D eigenvalue weighted by Gasteiger charge is -2.33. The van der Waals surface area contributed by atoms with Gasteiger partial charge in [-0.05, 0) is 44.0 Å². The van der Waals surface area contributed by atoms with Crippen LogP contribution >= 0.6 is 0 Å². The van der Waals surface area contributed by atoms with Crippen molar-refractivity contribution in [1.29, 1.82) is 0 Å². The fourth-order valence-corrected chi connectivity index (χ4v) is 3.23. The first-order chi connectivity index (χ1) is 12.3. The summed E-state index contributed by atoms with van der Waals surface area (Å²) in [7, 11) is 0. The lowest BCUT2D eigenvalue weighted by atomic mass is 9.95. The Morgan fingerprint density at radius 3 is 2.27 bits per heavy atom. The minimum atomic E-state index is -4.49. The van der Waals surface area contributed by atoms with E-state index in [-0.39, 0.29) is 17.5 Å². The van der Waals surface area contributed by atoms with Crippen molar-refractivity contribution in [2.45, 2.75) is 25.9 Å². The van der Waals surface area contributed by atoms with E-state index in [1.54, 1.807) is 0 Å². The normalized spacial score (nSPS) is 15.8. The Labute approximate surface area is 150 Å². The Kier molecular flexibility index (Phi) is 5.20. The molecule has 138 valence electrons. The maximum absolute atomic E-state index is 13.1. The van der Waals surface area contributed by atoms with Crippen LogP contribution in [0.1, 0.15) is 24.0 Å². The Morgan fingerprint density at radius 1 is 1.04 bits per heavy atom. The van der Waals surface area contributed by atoms with Gasteiger partial charge in [-0.3, -0.25) is 4.79 Å². The number of halogens is 3. The number of carbonyl (C=O) groups excluding carboxylic acids is 1. The topological polar surface area (TPSA) is 32.3 Å². The fraction of sp³-hybridized carbons (Fsp3) is 0.350. The number of benzene rings is 2. The molecule has 0 radical (unpaired) electrons. The molecule has 0 aliphatic carbocycles. The predicted molar refractivity (Wildman–Crippen MR) is 96.2 cm³/mol. The second-order valence-corrected chi connectivity index (χ2v) is 6.63. The quantitative estimate of drug-likeness (QED) is 0.845. The third kappa shape index (κ3) is 4.18. The molecule has 3 nitrogen and oxygen atoms in total. The van der Waals surface area contributed by atoms with E-state index in [9.17, 15) is 18.0 Å². The highest BCUT2D eigenvalue weighted by Crippen LogP contribution is 2.35. The Balaban J connectivity index is 1.62. The highest BCUT2D eigenvalue weighted by atomic mass is 19.4. The fourth-order valence-electron chi connectivity index (χ4n) is 3.23. The Hall–Kier alpha value is -2.50. The van der Waals surface area contributed by atoms with Gasteiger partial charge in [-0.15, -0.1) is 0 Å². The zero-order valence-electron chi connectivity index (χ0n) is 14.5. The molecule has 1 saturated heterocycles. The molecule has 3 rings (SSSR count). The van der Waals surface area contributed by atoms with E-state index in [2.05, 4.69) is 22.3 Å². The van der Waals surface area contributed by atoms with E-state index in [1.165, 1.54) is 23.8 Å². The van der Waals surface area contributed by atoms with E-state index in [4.69, 9.17) is 0 Å². The summed E-state index contributed by atoms with van der Waals surface area (Å²) in [4.78, 5) is 14.6. The van der Waals surface area contributed by atoms with E-state index in [0.29, 0.717) is 25.9 Å². The van der Waals surface area contributed by atoms with Crippen LogP contribution in [0.25, 0.3) is 0 Å². The highest BCUT2D eigenvalue weighted by Gasteiger charge is 2.34. The van der Waals surface area contributed by atoms with Crippen LogP contribution < -0.4 is 10.2 Å². The molecule has 0 unspecified atom stereocenters. The van der Waals surface area contributed by atoms with Crippen molar-refractivity contribution in [1.82, 2.24) is 0 Å². The second-order valence-electron chi connectivity index (χ2n) is 6.63. The highest BCUT2D eigenvalue weighted by molar-refractivity contribution is 5.93. The number of piperidine rings is 1. The summed E-state index contributed by atoms with van der Waals surface area (Å²) in [5.41, 5.74) is 1.31. The lowest BCUT2D eigenvalue weighted by Crippen LogP contribution is -2.38. The van der Waals surface area contributed by atoms with Crippen LogP contribution in [-0.4, -0.2) is 19.0 Å². The Bertz CT molecular complexity index is 763. The second kappa shape index (κ2) is 7.40. The maximum Gasteiger partial charge on any atom is 0.418 e. The molecule has 1 aliphatic rings. The van der Waals surface area contributed by atoms with Crippen molar-refractivity contribution >= 4 is 17.3 Å². The summed E-state index contributed by atoms with van der Waals surface area (Å²) >= 11 is 0. The van der Waals surface area contributed by atoms with Gasteiger partial charge in [0.1, 0.15) is 0 Å². The molecular formula is C20H21F3N2O. The third-order valence-corrected chi connectivity index (χ3v) is 4.76. The van der Waals surface area contributed by atoms with E-state index in [1.807, 2.05) is 19.1 Å². The molecule has 2 aromatic carbocycles. The molecule has 0 atom stereocenters. The zero-order chi connectivity index (χ0) is 18.7. The molecule has 1 N–H and O–H groups in total. The summed E-state index contributed by atoms with van der Waals surface area (Å²) in [5, 5.41) is 2.47. The molecule has 1 fully saturated rings.